The number of Topliss-reactive ketones (excluding diaryl/α,β-unsaturated/α-hetero) is 1. The third-order valence-electron chi connectivity index (χ3n) is 9.54. The minimum atomic E-state index is -1.77. The Morgan fingerprint density at radius 1 is 1.15 bits per heavy atom. The zero-order chi connectivity index (χ0) is 35.1. The minimum absolute atomic E-state index is 0.0245. The van der Waals surface area contributed by atoms with Crippen LogP contribution in [-0.4, -0.2) is 82.4 Å². The van der Waals surface area contributed by atoms with Crippen molar-refractivity contribution >= 4 is 34.9 Å². The number of rotatable bonds is 3. The van der Waals surface area contributed by atoms with Crippen molar-refractivity contribution in [3.63, 3.8) is 0 Å². The molecule has 1 aromatic rings. The Kier molecular flexibility index (Phi) is 12.8. The summed E-state index contributed by atoms with van der Waals surface area (Å²) >= 11 is 0. The summed E-state index contributed by atoms with van der Waals surface area (Å²) in [7, 11) is 0. The van der Waals surface area contributed by atoms with Gasteiger partial charge in [-0.1, -0.05) is 51.8 Å². The van der Waals surface area contributed by atoms with Crippen molar-refractivity contribution in [2.45, 2.75) is 98.6 Å². The van der Waals surface area contributed by atoms with Crippen molar-refractivity contribution in [3.8, 4) is 11.8 Å². The molecule has 0 spiro atoms. The minimum Gasteiger partial charge on any atom is -0.459 e. The summed E-state index contributed by atoms with van der Waals surface area (Å²) in [6.45, 7) is 15.4. The number of anilines is 1. The number of carbonyl (C=O) groups is 3. The second kappa shape index (κ2) is 16.0. The molecule has 0 saturated carbocycles. The maximum atomic E-state index is 13.7. The van der Waals surface area contributed by atoms with Crippen LogP contribution in [0.2, 0.25) is 0 Å². The standard InChI is InChI=1S/C35H50N4O8/c1-10-28-35(9,43)32-22(4)30(37-25(7)40)20(2)17-34(8,24(6)21(3)31(41)23(5)33(42)47-28)45-19-27(18-44-32)39-46-16-12-14-26-13-11-15-29(36)38-26/h11,13,15,20-24,28,32,43H,10,16-19H2,1-9H3,(H2,36,38)/b37-30?,39-27-/t20-,21-,22+,23-,24-,28-,32-,34-,35-/m1/s1. The number of oxime groups is 1. The first-order valence-corrected chi connectivity index (χ1v) is 16.2. The molecule has 2 aliphatic rings. The Bertz CT molecular complexity index is 1430. The number of pyridine rings is 1. The maximum absolute atomic E-state index is 13.7. The van der Waals surface area contributed by atoms with Crippen LogP contribution in [-0.2, 0) is 33.4 Å². The van der Waals surface area contributed by atoms with E-state index < -0.39 is 53.0 Å². The molecular formula is C35H50N4O8. The van der Waals surface area contributed by atoms with Crippen LogP contribution >= 0.6 is 0 Å². The zero-order valence-corrected chi connectivity index (χ0v) is 29.0. The Morgan fingerprint density at radius 3 is 2.49 bits per heavy atom. The molecule has 0 unspecified atom stereocenters. The number of ether oxygens (including phenoxy) is 3. The molecule has 47 heavy (non-hydrogen) atoms. The number of nitrogens with two attached hydrogens (primary N) is 1. The molecule has 1 amide bonds. The van der Waals surface area contributed by atoms with Crippen LogP contribution in [0.5, 0.6) is 0 Å². The van der Waals surface area contributed by atoms with Gasteiger partial charge in [0, 0.05) is 24.5 Å². The lowest BCUT2D eigenvalue weighted by Crippen LogP contribution is -2.57. The van der Waals surface area contributed by atoms with E-state index in [1.165, 1.54) is 20.8 Å². The molecule has 9 atom stereocenters. The molecule has 0 aromatic carbocycles. The van der Waals surface area contributed by atoms with Gasteiger partial charge in [0.1, 0.15) is 40.6 Å². The second-order valence-corrected chi connectivity index (χ2v) is 13.2. The number of fused-ring (bicyclic) bond motifs is 5. The summed E-state index contributed by atoms with van der Waals surface area (Å²) in [6.07, 6.45) is -1.45. The van der Waals surface area contributed by atoms with E-state index >= 15 is 0 Å². The van der Waals surface area contributed by atoms with E-state index in [2.05, 4.69) is 27.0 Å². The highest BCUT2D eigenvalue weighted by Gasteiger charge is 2.50. The Hall–Kier alpha value is -3.66. The van der Waals surface area contributed by atoms with Gasteiger partial charge in [-0.15, -0.1) is 0 Å². The van der Waals surface area contributed by atoms with Gasteiger partial charge in [0.05, 0.1) is 24.9 Å². The number of carbonyl (C=O) groups excluding carboxylic acids is 3. The maximum Gasteiger partial charge on any atom is 0.316 e. The molecule has 3 rings (SSSR count). The van der Waals surface area contributed by atoms with Crippen LogP contribution in [0.25, 0.3) is 0 Å². The number of aliphatic imine (C=N–C) groups is 1. The number of aromatic nitrogens is 1. The van der Waals surface area contributed by atoms with E-state index in [1.54, 1.807) is 32.0 Å². The number of aliphatic hydroxyl groups is 1. The SMILES string of the molecule is CC[C@H]1OC(=O)[C@H](C)C(=O)[C@H](C)[C@@H](C)[C@@]2(C)C[C@@H](C)C(=NC(C)=O)[C@H](C)[C@@H](OC/C(=N/OCC#Cc3cccc(N)n3)CO2)[C@]1(C)O. The molecule has 12 heteroatoms. The number of cyclic esters (lactones) is 1. The molecule has 2 bridgehead atoms. The molecule has 3 heterocycles. The lowest BCUT2D eigenvalue weighted by molar-refractivity contribution is -0.192. The molecule has 12 nitrogen and oxygen atoms in total. The number of hydrogen-bond donors (Lipinski definition) is 2. The molecule has 2 fully saturated rings. The molecular weight excluding hydrogens is 604 g/mol. The number of nitrogens with zero attached hydrogens (tertiary/aromatic N) is 3. The monoisotopic (exact) mass is 654 g/mol. The highest BCUT2D eigenvalue weighted by Crippen LogP contribution is 2.39. The third kappa shape index (κ3) is 9.24. The van der Waals surface area contributed by atoms with E-state index in [0.717, 1.165) is 0 Å². The number of nitrogen functional groups attached to an aromatic ring is 1. The first-order chi connectivity index (χ1) is 22.0. The average Bonchev–Trinajstić information content (AvgIpc) is 3.03. The second-order valence-electron chi connectivity index (χ2n) is 13.2. The molecule has 0 aliphatic carbocycles. The molecule has 3 N–H and O–H groups in total. The van der Waals surface area contributed by atoms with Gasteiger partial charge in [-0.25, -0.2) is 9.98 Å². The number of amides is 1. The van der Waals surface area contributed by atoms with Gasteiger partial charge in [0.25, 0.3) is 0 Å². The quantitative estimate of drug-likeness (QED) is 0.161. The van der Waals surface area contributed by atoms with Crippen LogP contribution in [0.1, 0.15) is 80.8 Å². The summed E-state index contributed by atoms with van der Waals surface area (Å²) in [5.74, 6) is 1.69. The van der Waals surface area contributed by atoms with Gasteiger partial charge >= 0.3 is 5.97 Å². The number of ketones is 1. The fourth-order valence-electron chi connectivity index (χ4n) is 6.56. The van der Waals surface area contributed by atoms with Gasteiger partial charge in [-0.3, -0.25) is 14.4 Å². The van der Waals surface area contributed by atoms with Crippen molar-refractivity contribution in [1.82, 2.24) is 4.98 Å². The van der Waals surface area contributed by atoms with Gasteiger partial charge in [-0.2, -0.15) is 0 Å². The summed E-state index contributed by atoms with van der Waals surface area (Å²) in [4.78, 5) is 53.6. The Labute approximate surface area is 277 Å². The highest BCUT2D eigenvalue weighted by atomic mass is 16.6. The normalized spacial score (nSPS) is 35.9. The average molecular weight is 655 g/mol. The largest absolute Gasteiger partial charge is 0.459 e. The van der Waals surface area contributed by atoms with Crippen molar-refractivity contribution in [1.29, 1.82) is 0 Å². The van der Waals surface area contributed by atoms with Crippen molar-refractivity contribution < 1.29 is 38.5 Å². The fraction of sp³-hybridized carbons (Fsp3) is 0.657. The van der Waals surface area contributed by atoms with Crippen LogP contribution in [0.15, 0.2) is 28.3 Å². The predicted octanol–water partition coefficient (Wildman–Crippen LogP) is 3.78. The van der Waals surface area contributed by atoms with Gasteiger partial charge in [-0.05, 0) is 63.5 Å². The van der Waals surface area contributed by atoms with Crippen LogP contribution in [0.4, 0.5) is 5.82 Å². The van der Waals surface area contributed by atoms with Crippen molar-refractivity contribution in [2.75, 3.05) is 25.6 Å². The van der Waals surface area contributed by atoms with Crippen LogP contribution < -0.4 is 5.73 Å². The molecule has 1 aromatic heterocycles. The Balaban J connectivity index is 2.15. The summed E-state index contributed by atoms with van der Waals surface area (Å²) in [5, 5.41) is 16.4. The fourth-order valence-corrected chi connectivity index (χ4v) is 6.56. The lowest BCUT2D eigenvalue weighted by atomic mass is 9.70. The molecule has 258 valence electrons. The molecule has 2 aliphatic heterocycles. The molecule has 2 saturated heterocycles. The van der Waals surface area contributed by atoms with Crippen LogP contribution in [0.3, 0.4) is 0 Å². The summed E-state index contributed by atoms with van der Waals surface area (Å²) in [5.41, 5.74) is 4.38. The summed E-state index contributed by atoms with van der Waals surface area (Å²) in [6, 6.07) is 5.15. The molecule has 0 radical (unpaired) electrons. The highest BCUT2D eigenvalue weighted by molar-refractivity contribution is 6.00. The van der Waals surface area contributed by atoms with Gasteiger partial charge in [0.15, 0.2) is 6.61 Å². The van der Waals surface area contributed by atoms with Crippen molar-refractivity contribution in [2.24, 2.45) is 39.7 Å². The Morgan fingerprint density at radius 2 is 1.85 bits per heavy atom. The number of hydrogen-bond acceptors (Lipinski definition) is 11. The lowest BCUT2D eigenvalue weighted by Gasteiger charge is -2.44. The first kappa shape index (κ1) is 37.8. The summed E-state index contributed by atoms with van der Waals surface area (Å²) < 4.78 is 18.9. The van der Waals surface area contributed by atoms with Gasteiger partial charge < -0.3 is 29.9 Å². The van der Waals surface area contributed by atoms with Gasteiger partial charge in [0.2, 0.25) is 5.91 Å². The number of esters is 1. The van der Waals surface area contributed by atoms with E-state index in [9.17, 15) is 19.5 Å². The smallest absolute Gasteiger partial charge is 0.316 e. The third-order valence-corrected chi connectivity index (χ3v) is 9.54. The van der Waals surface area contributed by atoms with E-state index in [1.807, 2.05) is 27.7 Å². The van der Waals surface area contributed by atoms with E-state index in [0.29, 0.717) is 29.4 Å². The van der Waals surface area contributed by atoms with E-state index in [4.69, 9.17) is 24.8 Å². The van der Waals surface area contributed by atoms with E-state index in [-0.39, 0.29) is 43.9 Å². The first-order valence-electron chi connectivity index (χ1n) is 16.2. The zero-order valence-electron chi connectivity index (χ0n) is 29.0. The predicted molar refractivity (Wildman–Crippen MR) is 177 cm³/mol. The van der Waals surface area contributed by atoms with Crippen LogP contribution in [0, 0.1) is 41.4 Å². The van der Waals surface area contributed by atoms with Crippen molar-refractivity contribution in [3.05, 3.63) is 23.9 Å². The topological polar surface area (TPSA) is 172 Å².